The van der Waals surface area contributed by atoms with Crippen LogP contribution in [0.2, 0.25) is 0 Å². The number of sulfone groups is 1. The van der Waals surface area contributed by atoms with Crippen molar-refractivity contribution in [2.75, 3.05) is 26.9 Å². The molecule has 0 unspecified atom stereocenters. The summed E-state index contributed by atoms with van der Waals surface area (Å²) in [6, 6.07) is 3.47. The zero-order valence-corrected chi connectivity index (χ0v) is 16.2. The molecule has 2 heterocycles. The first-order valence-electron chi connectivity index (χ1n) is 8.08. The molecule has 3 rings (SSSR count). The lowest BCUT2D eigenvalue weighted by molar-refractivity contribution is -0.124. The van der Waals surface area contributed by atoms with Gasteiger partial charge >= 0.3 is 0 Å². The van der Waals surface area contributed by atoms with Crippen LogP contribution < -0.4 is 0 Å². The molecule has 134 valence electrons. The van der Waals surface area contributed by atoms with E-state index in [1.165, 1.54) is 5.01 Å². The molecule has 1 amide bonds. The Hall–Kier alpha value is -2.15. The maximum absolute atomic E-state index is 12.5. The molecule has 25 heavy (non-hydrogen) atoms. The smallest absolute Gasteiger partial charge is 0.277 e. The van der Waals surface area contributed by atoms with Gasteiger partial charge in [-0.1, -0.05) is 19.9 Å². The minimum Gasteiger partial charge on any atom is -0.376 e. The van der Waals surface area contributed by atoms with E-state index in [0.717, 1.165) is 22.4 Å². The van der Waals surface area contributed by atoms with Gasteiger partial charge in [0.2, 0.25) is 0 Å². The Morgan fingerprint density at radius 2 is 1.92 bits per heavy atom. The molecular formula is C18H23N3O3S. The Morgan fingerprint density at radius 3 is 2.44 bits per heavy atom. The van der Waals surface area contributed by atoms with E-state index in [1.54, 1.807) is 25.4 Å². The summed E-state index contributed by atoms with van der Waals surface area (Å²) in [6.07, 6.45) is 1.56. The van der Waals surface area contributed by atoms with Crippen LogP contribution in [0.4, 0.5) is 0 Å². The minimum absolute atomic E-state index is 0.108. The van der Waals surface area contributed by atoms with Crippen molar-refractivity contribution in [1.29, 1.82) is 0 Å². The fourth-order valence-corrected chi connectivity index (χ4v) is 6.15. The minimum atomic E-state index is -3.27. The van der Waals surface area contributed by atoms with Crippen molar-refractivity contribution in [3.05, 3.63) is 34.4 Å². The fourth-order valence-electron chi connectivity index (χ4n) is 3.88. The van der Waals surface area contributed by atoms with E-state index < -0.39 is 15.3 Å². The van der Waals surface area contributed by atoms with E-state index in [4.69, 9.17) is 0 Å². The second-order valence-electron chi connectivity index (χ2n) is 7.48. The summed E-state index contributed by atoms with van der Waals surface area (Å²) < 4.78 is 25.0. The summed E-state index contributed by atoms with van der Waals surface area (Å²) >= 11 is 0. The molecule has 0 bridgehead atoms. The highest BCUT2D eigenvalue weighted by atomic mass is 32.2. The first-order valence-corrected chi connectivity index (χ1v) is 9.73. The summed E-state index contributed by atoms with van der Waals surface area (Å²) in [5.41, 5.74) is 3.41. The molecule has 0 saturated heterocycles. The van der Waals surface area contributed by atoms with Crippen molar-refractivity contribution < 1.29 is 13.2 Å². The monoisotopic (exact) mass is 361 g/mol. The molecule has 2 aliphatic heterocycles. The largest absolute Gasteiger partial charge is 0.376 e. The molecule has 1 aromatic carbocycles. The Morgan fingerprint density at radius 1 is 1.28 bits per heavy atom. The van der Waals surface area contributed by atoms with Gasteiger partial charge in [0.1, 0.15) is 0 Å². The van der Waals surface area contributed by atoms with Crippen molar-refractivity contribution in [2.24, 2.45) is 5.10 Å². The first-order chi connectivity index (χ1) is 11.5. The second-order valence-corrected chi connectivity index (χ2v) is 9.44. The molecule has 6 nitrogen and oxygen atoms in total. The van der Waals surface area contributed by atoms with Crippen LogP contribution in [0.5, 0.6) is 0 Å². The van der Waals surface area contributed by atoms with Crippen LogP contribution in [0.1, 0.15) is 30.5 Å². The molecule has 7 heteroatoms. The third-order valence-corrected chi connectivity index (χ3v) is 6.94. The van der Waals surface area contributed by atoms with E-state index in [0.29, 0.717) is 10.5 Å². The number of nitrogens with zero attached hydrogens (tertiary/aromatic N) is 3. The maximum Gasteiger partial charge on any atom is 0.277 e. The van der Waals surface area contributed by atoms with Crippen LogP contribution in [-0.2, 0) is 20.0 Å². The average molecular weight is 361 g/mol. The predicted molar refractivity (Wildman–Crippen MR) is 98.1 cm³/mol. The molecule has 0 spiro atoms. The summed E-state index contributed by atoms with van der Waals surface area (Å²) in [6.45, 7) is 5.83. The number of benzene rings is 1. The quantitative estimate of drug-likeness (QED) is 0.753. The van der Waals surface area contributed by atoms with E-state index in [1.807, 2.05) is 39.8 Å². The molecule has 0 radical (unpaired) electrons. The van der Waals surface area contributed by atoms with Gasteiger partial charge in [-0.3, -0.25) is 4.79 Å². The number of amides is 1. The molecule has 2 aliphatic rings. The Kier molecular flexibility index (Phi) is 3.83. The summed E-state index contributed by atoms with van der Waals surface area (Å²) in [4.78, 5) is 14.7. The van der Waals surface area contributed by atoms with Crippen LogP contribution in [0, 0.1) is 6.92 Å². The number of carbonyl (C=O) groups excluding carboxylic acids is 1. The molecule has 0 aliphatic carbocycles. The SMILES string of the molecule is Cc1c(C(=C2C=NN(C)C2=O)N(C)C)ccc2c1C(C)(C)CS2(=O)=O. The van der Waals surface area contributed by atoms with Crippen LogP contribution >= 0.6 is 0 Å². The van der Waals surface area contributed by atoms with Gasteiger partial charge in [0.05, 0.1) is 28.1 Å². The topological polar surface area (TPSA) is 70.1 Å². The van der Waals surface area contributed by atoms with Crippen molar-refractivity contribution >= 4 is 27.7 Å². The highest BCUT2D eigenvalue weighted by Gasteiger charge is 2.42. The lowest BCUT2D eigenvalue weighted by Crippen LogP contribution is -2.23. The number of hydrogen-bond acceptors (Lipinski definition) is 5. The lowest BCUT2D eigenvalue weighted by atomic mass is 9.82. The highest BCUT2D eigenvalue weighted by molar-refractivity contribution is 7.91. The molecule has 0 saturated carbocycles. The van der Waals surface area contributed by atoms with Gasteiger partial charge in [-0.25, -0.2) is 13.4 Å². The van der Waals surface area contributed by atoms with E-state index in [9.17, 15) is 13.2 Å². The van der Waals surface area contributed by atoms with Crippen molar-refractivity contribution in [3.8, 4) is 0 Å². The van der Waals surface area contributed by atoms with E-state index in [2.05, 4.69) is 5.10 Å². The van der Waals surface area contributed by atoms with Gasteiger partial charge in [0.15, 0.2) is 9.84 Å². The van der Waals surface area contributed by atoms with E-state index >= 15 is 0 Å². The second kappa shape index (κ2) is 5.42. The Labute approximate surface area is 148 Å². The molecule has 0 atom stereocenters. The number of carbonyl (C=O) groups is 1. The van der Waals surface area contributed by atoms with E-state index in [-0.39, 0.29) is 11.7 Å². The summed E-state index contributed by atoms with van der Waals surface area (Å²) in [5, 5.41) is 5.36. The zero-order chi connectivity index (χ0) is 18.7. The van der Waals surface area contributed by atoms with Gasteiger partial charge < -0.3 is 4.90 Å². The molecule has 0 aromatic heterocycles. The van der Waals surface area contributed by atoms with Crippen molar-refractivity contribution in [1.82, 2.24) is 9.91 Å². The zero-order valence-electron chi connectivity index (χ0n) is 15.4. The van der Waals surface area contributed by atoms with Crippen LogP contribution in [0.25, 0.3) is 5.70 Å². The first kappa shape index (κ1) is 17.7. The number of likely N-dealkylation sites (N-methyl/N-ethyl adjacent to an activating group) is 1. The average Bonchev–Trinajstić information content (AvgIpc) is 2.88. The third kappa shape index (κ3) is 2.57. The van der Waals surface area contributed by atoms with Crippen LogP contribution in [0.3, 0.4) is 0 Å². The number of fused-ring (bicyclic) bond motifs is 1. The van der Waals surface area contributed by atoms with Gasteiger partial charge in [0.25, 0.3) is 5.91 Å². The lowest BCUT2D eigenvalue weighted by Gasteiger charge is -2.25. The highest BCUT2D eigenvalue weighted by Crippen LogP contribution is 2.43. The Balaban J connectivity index is 2.32. The summed E-state index contributed by atoms with van der Waals surface area (Å²) in [7, 11) is 2.09. The Bertz CT molecular complexity index is 941. The fraction of sp³-hybridized carbons (Fsp3) is 0.444. The number of rotatable bonds is 2. The number of hydrazone groups is 1. The van der Waals surface area contributed by atoms with Crippen molar-refractivity contribution in [2.45, 2.75) is 31.1 Å². The van der Waals surface area contributed by atoms with Gasteiger partial charge in [-0.2, -0.15) is 5.10 Å². The normalized spacial score (nSPS) is 22.3. The van der Waals surface area contributed by atoms with Crippen molar-refractivity contribution in [3.63, 3.8) is 0 Å². The maximum atomic E-state index is 12.5. The third-order valence-electron chi connectivity index (χ3n) is 4.83. The molecule has 0 N–H and O–H groups in total. The molecular weight excluding hydrogens is 338 g/mol. The van der Waals surface area contributed by atoms with Gasteiger partial charge in [-0.15, -0.1) is 0 Å². The predicted octanol–water partition coefficient (Wildman–Crippen LogP) is 1.79. The standard InChI is InChI=1S/C18H23N3O3S/c1-11-12(16(20(4)5)13-9-19-21(6)17(13)22)7-8-14-15(11)18(2,3)10-25(14,23)24/h7-9H,10H2,1-6H3. The summed E-state index contributed by atoms with van der Waals surface area (Å²) in [5.74, 6) is -0.0631. The molecule has 0 fully saturated rings. The van der Waals surface area contributed by atoms with Gasteiger partial charge in [-0.05, 0) is 24.1 Å². The number of hydrogen-bond donors (Lipinski definition) is 0. The molecule has 1 aromatic rings. The van der Waals surface area contributed by atoms with Gasteiger partial charge in [0, 0.05) is 32.1 Å². The van der Waals surface area contributed by atoms with Crippen LogP contribution in [-0.4, -0.2) is 57.3 Å². The van der Waals surface area contributed by atoms with Crippen LogP contribution in [0.15, 0.2) is 27.7 Å².